The van der Waals surface area contributed by atoms with Gasteiger partial charge >= 0.3 is 0 Å². The van der Waals surface area contributed by atoms with Crippen LogP contribution in [0.3, 0.4) is 0 Å². The second kappa shape index (κ2) is 8.54. The van der Waals surface area contributed by atoms with Gasteiger partial charge in [-0.2, -0.15) is 0 Å². The van der Waals surface area contributed by atoms with E-state index in [1.807, 2.05) is 42.5 Å². The summed E-state index contributed by atoms with van der Waals surface area (Å²) in [5, 5.41) is 5.74. The van der Waals surface area contributed by atoms with Gasteiger partial charge < -0.3 is 15.4 Å². The molecule has 0 aromatic heterocycles. The molecule has 0 fully saturated rings. The van der Waals surface area contributed by atoms with Crippen molar-refractivity contribution in [3.05, 3.63) is 71.3 Å². The van der Waals surface area contributed by atoms with Crippen LogP contribution in [-0.4, -0.2) is 25.0 Å². The summed E-state index contributed by atoms with van der Waals surface area (Å²) in [6, 6.07) is 14.9. The lowest BCUT2D eigenvalue weighted by Gasteiger charge is -2.18. The molecule has 0 spiro atoms. The van der Waals surface area contributed by atoms with Crippen LogP contribution in [0.5, 0.6) is 5.75 Å². The molecule has 5 heteroatoms. The number of benzene rings is 2. The zero-order valence-corrected chi connectivity index (χ0v) is 15.6. The predicted octanol–water partition coefficient (Wildman–Crippen LogP) is 3.02. The Morgan fingerprint density at radius 2 is 1.89 bits per heavy atom. The van der Waals surface area contributed by atoms with E-state index >= 15 is 0 Å². The number of aryl methyl sites for hydroxylation is 1. The lowest BCUT2D eigenvalue weighted by atomic mass is 10.1. The highest BCUT2D eigenvalue weighted by Crippen LogP contribution is 2.30. The molecule has 5 nitrogen and oxygen atoms in total. The van der Waals surface area contributed by atoms with Gasteiger partial charge in [0.05, 0.1) is 13.2 Å². The van der Waals surface area contributed by atoms with Gasteiger partial charge in [0.2, 0.25) is 11.8 Å². The Balaban J connectivity index is 1.51. The van der Waals surface area contributed by atoms with Crippen LogP contribution in [0.15, 0.2) is 54.6 Å². The number of fused-ring (bicyclic) bond motifs is 1. The van der Waals surface area contributed by atoms with Gasteiger partial charge in [0.1, 0.15) is 11.8 Å². The molecule has 2 atom stereocenters. The van der Waals surface area contributed by atoms with Gasteiger partial charge in [-0.25, -0.2) is 0 Å². The average Bonchev–Trinajstić information content (AvgIpc) is 3.09. The Kier molecular flexibility index (Phi) is 5.91. The summed E-state index contributed by atoms with van der Waals surface area (Å²) in [5.74, 6) is 0.276. The molecular formula is C22H24N2O3. The van der Waals surface area contributed by atoms with E-state index in [1.165, 1.54) is 17.2 Å². The summed E-state index contributed by atoms with van der Waals surface area (Å²) >= 11 is 0. The summed E-state index contributed by atoms with van der Waals surface area (Å²) in [7, 11) is 1.61. The lowest BCUT2D eigenvalue weighted by Crippen LogP contribution is -2.45. The number of carbonyl (C=O) groups excluding carboxylic acids is 2. The smallest absolute Gasteiger partial charge is 0.244 e. The van der Waals surface area contributed by atoms with Crippen LogP contribution in [0.25, 0.3) is 6.08 Å². The number of hydrogen-bond donors (Lipinski definition) is 2. The van der Waals surface area contributed by atoms with E-state index < -0.39 is 6.04 Å². The molecule has 2 aromatic rings. The number of methoxy groups -OCH3 is 1. The molecule has 2 unspecified atom stereocenters. The van der Waals surface area contributed by atoms with Crippen LogP contribution < -0.4 is 15.4 Å². The van der Waals surface area contributed by atoms with Crippen LogP contribution in [0.2, 0.25) is 0 Å². The highest BCUT2D eigenvalue weighted by molar-refractivity contribution is 5.95. The largest absolute Gasteiger partial charge is 0.497 e. The molecule has 0 radical (unpaired) electrons. The van der Waals surface area contributed by atoms with Gasteiger partial charge in [-0.05, 0) is 54.7 Å². The van der Waals surface area contributed by atoms with E-state index in [0.29, 0.717) is 0 Å². The van der Waals surface area contributed by atoms with Gasteiger partial charge in [-0.3, -0.25) is 9.59 Å². The van der Waals surface area contributed by atoms with Crippen molar-refractivity contribution in [2.75, 3.05) is 7.11 Å². The highest BCUT2D eigenvalue weighted by Gasteiger charge is 2.25. The molecule has 3 rings (SSSR count). The minimum Gasteiger partial charge on any atom is -0.497 e. The fourth-order valence-electron chi connectivity index (χ4n) is 3.22. The van der Waals surface area contributed by atoms with E-state index in [0.717, 1.165) is 24.2 Å². The number of ether oxygens (including phenoxy) is 1. The van der Waals surface area contributed by atoms with Crippen molar-refractivity contribution in [2.24, 2.45) is 0 Å². The molecule has 0 saturated heterocycles. The summed E-state index contributed by atoms with van der Waals surface area (Å²) in [6.07, 6.45) is 4.98. The molecule has 2 amide bonds. The van der Waals surface area contributed by atoms with E-state index in [9.17, 15) is 9.59 Å². The Hall–Kier alpha value is -3.08. The third kappa shape index (κ3) is 4.76. The molecule has 0 aliphatic heterocycles. The molecule has 27 heavy (non-hydrogen) atoms. The standard InChI is InChI=1S/C22H24N2O3/c1-15(22(26)24-20-13-10-17-5-3-4-6-19(17)20)23-21(25)14-9-16-7-11-18(27-2)12-8-16/h3-9,11-12,14-15,20H,10,13H2,1-2H3,(H,23,25)(H,24,26)/b14-9+. The highest BCUT2D eigenvalue weighted by atomic mass is 16.5. The maximum atomic E-state index is 12.4. The normalized spacial score (nSPS) is 16.6. The third-order valence-electron chi connectivity index (χ3n) is 4.74. The van der Waals surface area contributed by atoms with Crippen molar-refractivity contribution in [3.63, 3.8) is 0 Å². The molecule has 0 heterocycles. The van der Waals surface area contributed by atoms with Gasteiger partial charge in [0.25, 0.3) is 0 Å². The monoisotopic (exact) mass is 364 g/mol. The number of nitrogens with one attached hydrogen (secondary N) is 2. The molecule has 1 aliphatic rings. The molecule has 0 saturated carbocycles. The SMILES string of the molecule is COc1ccc(/C=C/C(=O)NC(C)C(=O)NC2CCc3ccccc32)cc1. The number of rotatable bonds is 6. The Morgan fingerprint density at radius 1 is 1.15 bits per heavy atom. The van der Waals surface area contributed by atoms with E-state index in [2.05, 4.69) is 16.7 Å². The van der Waals surface area contributed by atoms with Crippen LogP contribution in [0.1, 0.15) is 36.1 Å². The van der Waals surface area contributed by atoms with Crippen molar-refractivity contribution >= 4 is 17.9 Å². The van der Waals surface area contributed by atoms with E-state index in [-0.39, 0.29) is 17.9 Å². The predicted molar refractivity (Wildman–Crippen MR) is 105 cm³/mol. The van der Waals surface area contributed by atoms with Gasteiger partial charge in [-0.15, -0.1) is 0 Å². The van der Waals surface area contributed by atoms with Crippen LogP contribution >= 0.6 is 0 Å². The Morgan fingerprint density at radius 3 is 2.63 bits per heavy atom. The lowest BCUT2D eigenvalue weighted by molar-refractivity contribution is -0.127. The summed E-state index contributed by atoms with van der Waals surface area (Å²) in [6.45, 7) is 1.69. The fraction of sp³-hybridized carbons (Fsp3) is 0.273. The van der Waals surface area contributed by atoms with Gasteiger partial charge in [0.15, 0.2) is 0 Å². The first-order valence-electron chi connectivity index (χ1n) is 9.07. The minimum atomic E-state index is -0.606. The topological polar surface area (TPSA) is 67.4 Å². The zero-order chi connectivity index (χ0) is 19.2. The summed E-state index contributed by atoms with van der Waals surface area (Å²) < 4.78 is 5.10. The number of carbonyl (C=O) groups is 2. The number of hydrogen-bond acceptors (Lipinski definition) is 3. The summed E-state index contributed by atoms with van der Waals surface area (Å²) in [4.78, 5) is 24.5. The second-order valence-corrected chi connectivity index (χ2v) is 6.64. The molecule has 140 valence electrons. The van der Waals surface area contributed by atoms with Crippen molar-refractivity contribution in [2.45, 2.75) is 31.8 Å². The first-order valence-corrected chi connectivity index (χ1v) is 9.07. The average molecular weight is 364 g/mol. The van der Waals surface area contributed by atoms with Crippen LogP contribution in [-0.2, 0) is 16.0 Å². The van der Waals surface area contributed by atoms with Gasteiger partial charge in [0, 0.05) is 6.08 Å². The van der Waals surface area contributed by atoms with Crippen molar-refractivity contribution in [3.8, 4) is 5.75 Å². The summed E-state index contributed by atoms with van der Waals surface area (Å²) in [5.41, 5.74) is 3.33. The van der Waals surface area contributed by atoms with E-state index in [4.69, 9.17) is 4.74 Å². The fourth-order valence-corrected chi connectivity index (χ4v) is 3.22. The zero-order valence-electron chi connectivity index (χ0n) is 15.6. The van der Waals surface area contributed by atoms with Crippen LogP contribution in [0, 0.1) is 0 Å². The maximum absolute atomic E-state index is 12.4. The van der Waals surface area contributed by atoms with Crippen molar-refractivity contribution < 1.29 is 14.3 Å². The van der Waals surface area contributed by atoms with Crippen molar-refractivity contribution in [1.29, 1.82) is 0 Å². The molecule has 0 bridgehead atoms. The molecule has 2 N–H and O–H groups in total. The van der Waals surface area contributed by atoms with Crippen LogP contribution in [0.4, 0.5) is 0 Å². The third-order valence-corrected chi connectivity index (χ3v) is 4.74. The van der Waals surface area contributed by atoms with E-state index in [1.54, 1.807) is 20.1 Å². The molecular weight excluding hydrogens is 340 g/mol. The quantitative estimate of drug-likeness (QED) is 0.775. The molecule has 1 aliphatic carbocycles. The number of amides is 2. The van der Waals surface area contributed by atoms with Gasteiger partial charge in [-0.1, -0.05) is 36.4 Å². The maximum Gasteiger partial charge on any atom is 0.244 e. The molecule has 2 aromatic carbocycles. The first-order chi connectivity index (χ1) is 13.1. The Bertz CT molecular complexity index is 843. The Labute approximate surface area is 159 Å². The second-order valence-electron chi connectivity index (χ2n) is 6.64. The minimum absolute atomic E-state index is 0.0166. The van der Waals surface area contributed by atoms with Crippen molar-refractivity contribution in [1.82, 2.24) is 10.6 Å². The first kappa shape index (κ1) is 18.7.